The van der Waals surface area contributed by atoms with E-state index < -0.39 is 6.04 Å². The van der Waals surface area contributed by atoms with Crippen molar-refractivity contribution in [3.8, 4) is 5.75 Å². The second-order valence-corrected chi connectivity index (χ2v) is 12.0. The third kappa shape index (κ3) is 9.02. The van der Waals surface area contributed by atoms with E-state index in [0.717, 1.165) is 38.3 Å². The molecule has 0 bridgehead atoms. The summed E-state index contributed by atoms with van der Waals surface area (Å²) in [6.07, 6.45) is 5.20. The Morgan fingerprint density at radius 2 is 1.85 bits per heavy atom. The van der Waals surface area contributed by atoms with Crippen molar-refractivity contribution in [2.45, 2.75) is 71.1 Å². The molecule has 2 aromatic rings. The van der Waals surface area contributed by atoms with Crippen LogP contribution in [0.5, 0.6) is 5.75 Å². The molecule has 2 aliphatic rings. The van der Waals surface area contributed by atoms with Crippen molar-refractivity contribution in [1.82, 2.24) is 9.80 Å². The fraction of sp³-hybridized carbons (Fsp3) is 0.576. The normalized spacial score (nSPS) is 23.3. The van der Waals surface area contributed by atoms with Crippen LogP contribution >= 0.6 is 0 Å². The van der Waals surface area contributed by atoms with Crippen molar-refractivity contribution in [2.75, 3.05) is 45.2 Å². The van der Waals surface area contributed by atoms with E-state index in [9.17, 15) is 14.7 Å². The number of nitrogens with zero attached hydrogens (tertiary/aromatic N) is 2. The summed E-state index contributed by atoms with van der Waals surface area (Å²) in [4.78, 5) is 31.2. The van der Waals surface area contributed by atoms with Crippen LogP contribution < -0.4 is 10.1 Å². The van der Waals surface area contributed by atoms with E-state index >= 15 is 0 Å². The van der Waals surface area contributed by atoms with Gasteiger partial charge in [0.15, 0.2) is 0 Å². The lowest BCUT2D eigenvalue weighted by Crippen LogP contribution is -2.47. The molecule has 1 heterocycles. The second kappa shape index (κ2) is 14.8. The first kappa shape index (κ1) is 31.0. The molecule has 2 aromatic carbocycles. The molecule has 4 rings (SSSR count). The average Bonchev–Trinajstić information content (AvgIpc) is 3.78. The van der Waals surface area contributed by atoms with Gasteiger partial charge in [-0.2, -0.15) is 0 Å². The molecule has 1 aliphatic carbocycles. The molecule has 224 valence electrons. The maximum atomic E-state index is 14.2. The van der Waals surface area contributed by atoms with Gasteiger partial charge in [0, 0.05) is 43.4 Å². The van der Waals surface area contributed by atoms with Gasteiger partial charge in [0.25, 0.3) is 11.8 Å². The summed E-state index contributed by atoms with van der Waals surface area (Å²) in [5.74, 6) is 0.825. The summed E-state index contributed by atoms with van der Waals surface area (Å²) in [5, 5.41) is 13.1. The number of benzene rings is 2. The van der Waals surface area contributed by atoms with Crippen LogP contribution in [0.1, 0.15) is 73.6 Å². The van der Waals surface area contributed by atoms with Crippen LogP contribution in [0.4, 0.5) is 5.69 Å². The van der Waals surface area contributed by atoms with Gasteiger partial charge < -0.3 is 29.7 Å². The van der Waals surface area contributed by atoms with E-state index in [1.807, 2.05) is 32.0 Å². The number of aliphatic hydroxyl groups excluding tert-OH is 1. The van der Waals surface area contributed by atoms with E-state index in [2.05, 4.69) is 24.2 Å². The molecule has 2 amide bonds. The number of fused-ring (bicyclic) bond motifs is 1. The zero-order valence-electron chi connectivity index (χ0n) is 25.1. The SMILES string of the molecule is C[C@H]1CCCCO[C@H](CN(C)CC2CC2)[C@@H](C)CN([C@@H](C)CO)C(=O)c2cc(NC(=O)c3ccccc3)ccc2O1. The van der Waals surface area contributed by atoms with Gasteiger partial charge in [0.05, 0.1) is 30.4 Å². The van der Waals surface area contributed by atoms with Crippen molar-refractivity contribution in [2.24, 2.45) is 11.8 Å². The number of hydrogen-bond acceptors (Lipinski definition) is 6. The maximum absolute atomic E-state index is 14.2. The minimum absolute atomic E-state index is 0.0347. The summed E-state index contributed by atoms with van der Waals surface area (Å²) < 4.78 is 12.7. The zero-order valence-corrected chi connectivity index (χ0v) is 25.1. The first-order chi connectivity index (χ1) is 19.7. The number of carbonyl (C=O) groups excluding carboxylic acids is 2. The van der Waals surface area contributed by atoms with Crippen molar-refractivity contribution >= 4 is 17.5 Å². The Bertz CT molecular complexity index is 1140. The van der Waals surface area contributed by atoms with E-state index in [1.165, 1.54) is 12.8 Å². The predicted molar refractivity (Wildman–Crippen MR) is 161 cm³/mol. The molecule has 41 heavy (non-hydrogen) atoms. The van der Waals surface area contributed by atoms with Gasteiger partial charge in [0.1, 0.15) is 5.75 Å². The zero-order chi connectivity index (χ0) is 29.4. The lowest BCUT2D eigenvalue weighted by molar-refractivity contribution is -0.0172. The first-order valence-corrected chi connectivity index (χ1v) is 15.1. The van der Waals surface area contributed by atoms with Crippen molar-refractivity contribution in [3.63, 3.8) is 0 Å². The number of rotatable bonds is 8. The molecule has 0 aromatic heterocycles. The molecule has 8 heteroatoms. The lowest BCUT2D eigenvalue weighted by atomic mass is 10.0. The fourth-order valence-electron chi connectivity index (χ4n) is 5.38. The lowest BCUT2D eigenvalue weighted by Gasteiger charge is -2.36. The van der Waals surface area contributed by atoms with E-state index in [4.69, 9.17) is 9.47 Å². The maximum Gasteiger partial charge on any atom is 0.258 e. The van der Waals surface area contributed by atoms with Gasteiger partial charge in [-0.3, -0.25) is 9.59 Å². The molecule has 1 fully saturated rings. The molecule has 0 unspecified atom stereocenters. The monoisotopic (exact) mass is 565 g/mol. The van der Waals surface area contributed by atoms with Gasteiger partial charge in [0.2, 0.25) is 0 Å². The standard InChI is InChI=1S/C33H47N3O5/c1-23-19-36(24(2)22-37)33(39)29-18-28(34-32(38)27-11-6-5-7-12-27)15-16-30(29)41-25(3)10-8-9-17-40-31(23)21-35(4)20-26-13-14-26/h5-7,11-12,15-16,18,23-26,31,37H,8-10,13-14,17,19-22H2,1-4H3,(H,34,38)/t23-,24-,25-,31+/m0/s1. The van der Waals surface area contributed by atoms with Gasteiger partial charge in [-0.15, -0.1) is 0 Å². The highest BCUT2D eigenvalue weighted by Gasteiger charge is 2.31. The Kier molecular flexibility index (Phi) is 11.2. The molecule has 0 spiro atoms. The molecule has 8 nitrogen and oxygen atoms in total. The smallest absolute Gasteiger partial charge is 0.258 e. The highest BCUT2D eigenvalue weighted by molar-refractivity contribution is 6.05. The van der Waals surface area contributed by atoms with Gasteiger partial charge >= 0.3 is 0 Å². The largest absolute Gasteiger partial charge is 0.490 e. The molecule has 0 saturated heterocycles. The minimum Gasteiger partial charge on any atom is -0.490 e. The van der Waals surface area contributed by atoms with E-state index in [1.54, 1.807) is 35.2 Å². The highest BCUT2D eigenvalue weighted by atomic mass is 16.5. The molecule has 1 saturated carbocycles. The van der Waals surface area contributed by atoms with Crippen LogP contribution in [-0.4, -0.2) is 84.9 Å². The summed E-state index contributed by atoms with van der Waals surface area (Å²) in [6, 6.07) is 13.8. The molecule has 2 N–H and O–H groups in total. The Hall–Kier alpha value is -2.94. The van der Waals surface area contributed by atoms with Crippen molar-refractivity contribution < 1.29 is 24.2 Å². The van der Waals surface area contributed by atoms with Gasteiger partial charge in [-0.1, -0.05) is 25.1 Å². The van der Waals surface area contributed by atoms with Crippen LogP contribution in [0.25, 0.3) is 0 Å². The second-order valence-electron chi connectivity index (χ2n) is 12.0. The number of carbonyl (C=O) groups is 2. The third-order valence-corrected chi connectivity index (χ3v) is 8.10. The molecular weight excluding hydrogens is 518 g/mol. The average molecular weight is 566 g/mol. The number of anilines is 1. The number of hydrogen-bond donors (Lipinski definition) is 2. The quantitative estimate of drug-likeness (QED) is 0.464. The third-order valence-electron chi connectivity index (χ3n) is 8.10. The Balaban J connectivity index is 1.62. The van der Waals surface area contributed by atoms with Crippen LogP contribution in [0.3, 0.4) is 0 Å². The number of aliphatic hydroxyl groups is 1. The number of ether oxygens (including phenoxy) is 2. The van der Waals surface area contributed by atoms with E-state index in [-0.39, 0.29) is 36.5 Å². The van der Waals surface area contributed by atoms with Crippen molar-refractivity contribution in [3.05, 3.63) is 59.7 Å². The summed E-state index contributed by atoms with van der Waals surface area (Å²) in [6.45, 7) is 8.80. The summed E-state index contributed by atoms with van der Waals surface area (Å²) in [7, 11) is 2.15. The Morgan fingerprint density at radius 3 is 2.56 bits per heavy atom. The molecule has 1 aliphatic heterocycles. The topological polar surface area (TPSA) is 91.3 Å². The summed E-state index contributed by atoms with van der Waals surface area (Å²) >= 11 is 0. The number of likely N-dealkylation sites (N-methyl/N-ethyl adjacent to an activating group) is 1. The van der Waals surface area contributed by atoms with Gasteiger partial charge in [-0.05, 0) is 89.2 Å². The van der Waals surface area contributed by atoms with Crippen LogP contribution in [-0.2, 0) is 4.74 Å². The van der Waals surface area contributed by atoms with Crippen LogP contribution in [0, 0.1) is 11.8 Å². The van der Waals surface area contributed by atoms with Crippen molar-refractivity contribution in [1.29, 1.82) is 0 Å². The minimum atomic E-state index is -0.407. The molecule has 4 atom stereocenters. The molecule has 0 radical (unpaired) electrons. The predicted octanol–water partition coefficient (Wildman–Crippen LogP) is 5.08. The number of amides is 2. The molecular formula is C33H47N3O5. The highest BCUT2D eigenvalue weighted by Crippen LogP contribution is 2.31. The number of nitrogens with one attached hydrogen (secondary N) is 1. The van der Waals surface area contributed by atoms with E-state index in [0.29, 0.717) is 35.7 Å². The van der Waals surface area contributed by atoms with Gasteiger partial charge in [-0.25, -0.2) is 0 Å². The Morgan fingerprint density at radius 1 is 1.10 bits per heavy atom. The van der Waals surface area contributed by atoms with Crippen LogP contribution in [0.2, 0.25) is 0 Å². The Labute approximate surface area is 245 Å². The van der Waals surface area contributed by atoms with Crippen LogP contribution in [0.15, 0.2) is 48.5 Å². The first-order valence-electron chi connectivity index (χ1n) is 15.1. The summed E-state index contributed by atoms with van der Waals surface area (Å²) in [5.41, 5.74) is 1.41. The fourth-order valence-corrected chi connectivity index (χ4v) is 5.38.